The third kappa shape index (κ3) is 5.30. The zero-order chi connectivity index (χ0) is 17.2. The lowest BCUT2D eigenvalue weighted by Gasteiger charge is -2.37. The molecule has 1 fully saturated rings. The van der Waals surface area contributed by atoms with Crippen LogP contribution in [0.15, 0.2) is 29.3 Å². The van der Waals surface area contributed by atoms with Crippen LogP contribution in [-0.4, -0.2) is 71.0 Å². The molecule has 0 aliphatic carbocycles. The number of aliphatic imine (C=N–C) groups is 1. The third-order valence-electron chi connectivity index (χ3n) is 4.16. The van der Waals surface area contributed by atoms with Crippen molar-refractivity contribution in [2.75, 3.05) is 65.0 Å². The molecule has 6 heteroatoms. The van der Waals surface area contributed by atoms with Gasteiger partial charge >= 0.3 is 0 Å². The van der Waals surface area contributed by atoms with Gasteiger partial charge in [-0.25, -0.2) is 0 Å². The van der Waals surface area contributed by atoms with Gasteiger partial charge in [-0.3, -0.25) is 4.99 Å². The number of hydrogen-bond acceptors (Lipinski definition) is 4. The summed E-state index contributed by atoms with van der Waals surface area (Å²) in [7, 11) is 3.55. The molecule has 0 saturated carbocycles. The Hall–Kier alpha value is -1.95. The molecule has 0 radical (unpaired) electrons. The number of hydrogen-bond donors (Lipinski definition) is 1. The first-order chi connectivity index (χ1) is 11.8. The zero-order valence-corrected chi connectivity index (χ0v) is 15.1. The van der Waals surface area contributed by atoms with Crippen LogP contribution in [0.2, 0.25) is 0 Å². The largest absolute Gasteiger partial charge is 0.497 e. The van der Waals surface area contributed by atoms with Crippen LogP contribution < -0.4 is 15.0 Å². The minimum atomic E-state index is 0.779. The normalized spacial score (nSPS) is 15.5. The van der Waals surface area contributed by atoms with Crippen LogP contribution in [0.1, 0.15) is 13.3 Å². The fraction of sp³-hybridized carbons (Fsp3) is 0.611. The highest BCUT2D eigenvalue weighted by atomic mass is 16.5. The fourth-order valence-electron chi connectivity index (χ4n) is 2.83. The molecule has 24 heavy (non-hydrogen) atoms. The van der Waals surface area contributed by atoms with Crippen molar-refractivity contribution in [2.24, 2.45) is 4.99 Å². The van der Waals surface area contributed by atoms with E-state index in [1.807, 2.05) is 26.1 Å². The van der Waals surface area contributed by atoms with Crippen molar-refractivity contribution in [2.45, 2.75) is 13.3 Å². The van der Waals surface area contributed by atoms with E-state index in [0.717, 1.165) is 64.1 Å². The first kappa shape index (κ1) is 18.4. The summed E-state index contributed by atoms with van der Waals surface area (Å²) in [5.74, 6) is 1.89. The van der Waals surface area contributed by atoms with Gasteiger partial charge in [-0.2, -0.15) is 0 Å². The number of ether oxygens (including phenoxy) is 2. The van der Waals surface area contributed by atoms with Gasteiger partial charge in [-0.15, -0.1) is 0 Å². The Labute approximate surface area is 145 Å². The second kappa shape index (κ2) is 10.0. The molecular formula is C18H30N4O2. The van der Waals surface area contributed by atoms with Crippen LogP contribution in [0.25, 0.3) is 0 Å². The summed E-state index contributed by atoms with van der Waals surface area (Å²) >= 11 is 0. The van der Waals surface area contributed by atoms with E-state index in [1.165, 1.54) is 5.69 Å². The number of anilines is 1. The van der Waals surface area contributed by atoms with E-state index in [4.69, 9.17) is 9.47 Å². The van der Waals surface area contributed by atoms with Crippen LogP contribution in [0.3, 0.4) is 0 Å². The molecule has 134 valence electrons. The number of nitrogens with zero attached hydrogens (tertiary/aromatic N) is 3. The van der Waals surface area contributed by atoms with Gasteiger partial charge in [0.1, 0.15) is 5.75 Å². The van der Waals surface area contributed by atoms with Gasteiger partial charge in [0.25, 0.3) is 0 Å². The van der Waals surface area contributed by atoms with Crippen molar-refractivity contribution < 1.29 is 9.47 Å². The Morgan fingerprint density at radius 1 is 1.25 bits per heavy atom. The molecule has 0 bridgehead atoms. The highest BCUT2D eigenvalue weighted by molar-refractivity contribution is 5.80. The average Bonchev–Trinajstić information content (AvgIpc) is 2.65. The molecule has 1 aromatic rings. The Morgan fingerprint density at radius 3 is 2.71 bits per heavy atom. The molecule has 0 unspecified atom stereocenters. The number of methoxy groups -OCH3 is 1. The Balaban J connectivity index is 1.80. The molecule has 1 aliphatic rings. The second-order valence-electron chi connectivity index (χ2n) is 5.70. The SMILES string of the molecule is CCOCCCNC(=NC)N1CCN(c2cccc(OC)c2)CC1. The van der Waals surface area contributed by atoms with Gasteiger partial charge in [0.05, 0.1) is 7.11 Å². The molecule has 0 spiro atoms. The van der Waals surface area contributed by atoms with E-state index >= 15 is 0 Å². The smallest absolute Gasteiger partial charge is 0.193 e. The highest BCUT2D eigenvalue weighted by Gasteiger charge is 2.19. The van der Waals surface area contributed by atoms with Crippen molar-refractivity contribution in [3.63, 3.8) is 0 Å². The maximum atomic E-state index is 5.37. The Bertz CT molecular complexity index is 513. The van der Waals surface area contributed by atoms with Crippen LogP contribution >= 0.6 is 0 Å². The lowest BCUT2D eigenvalue weighted by Crippen LogP contribution is -2.52. The van der Waals surface area contributed by atoms with Gasteiger partial charge in [0.15, 0.2) is 5.96 Å². The van der Waals surface area contributed by atoms with E-state index < -0.39 is 0 Å². The minimum Gasteiger partial charge on any atom is -0.497 e. The lowest BCUT2D eigenvalue weighted by molar-refractivity contribution is 0.145. The zero-order valence-electron chi connectivity index (χ0n) is 15.1. The van der Waals surface area contributed by atoms with Crippen molar-refractivity contribution in [1.29, 1.82) is 0 Å². The van der Waals surface area contributed by atoms with E-state index in [9.17, 15) is 0 Å². The van der Waals surface area contributed by atoms with Gasteiger partial charge in [-0.05, 0) is 25.5 Å². The second-order valence-corrected chi connectivity index (χ2v) is 5.70. The minimum absolute atomic E-state index is 0.779. The Kier molecular flexibility index (Phi) is 7.68. The summed E-state index contributed by atoms with van der Waals surface area (Å²) in [6.45, 7) is 8.37. The van der Waals surface area contributed by atoms with Crippen molar-refractivity contribution in [1.82, 2.24) is 10.2 Å². The third-order valence-corrected chi connectivity index (χ3v) is 4.16. The molecule has 1 N–H and O–H groups in total. The Morgan fingerprint density at radius 2 is 2.04 bits per heavy atom. The van der Waals surface area contributed by atoms with Crippen molar-refractivity contribution in [3.05, 3.63) is 24.3 Å². The summed E-state index contributed by atoms with van der Waals surface area (Å²) in [6, 6.07) is 8.25. The average molecular weight is 334 g/mol. The topological polar surface area (TPSA) is 49.3 Å². The molecule has 1 aromatic carbocycles. The predicted octanol–water partition coefficient (Wildman–Crippen LogP) is 1.82. The highest BCUT2D eigenvalue weighted by Crippen LogP contribution is 2.22. The van der Waals surface area contributed by atoms with E-state index in [2.05, 4.69) is 32.2 Å². The van der Waals surface area contributed by atoms with Gasteiger partial charge in [-0.1, -0.05) is 6.07 Å². The van der Waals surface area contributed by atoms with Gasteiger partial charge in [0.2, 0.25) is 0 Å². The monoisotopic (exact) mass is 334 g/mol. The number of piperazine rings is 1. The summed E-state index contributed by atoms with van der Waals surface area (Å²) in [6.07, 6.45) is 0.997. The van der Waals surface area contributed by atoms with Crippen LogP contribution in [0.4, 0.5) is 5.69 Å². The molecule has 2 rings (SSSR count). The summed E-state index contributed by atoms with van der Waals surface area (Å²) in [5.41, 5.74) is 1.22. The molecule has 1 heterocycles. The van der Waals surface area contributed by atoms with E-state index in [1.54, 1.807) is 7.11 Å². The quantitative estimate of drug-likeness (QED) is 0.468. The predicted molar refractivity (Wildman–Crippen MR) is 99.3 cm³/mol. The van der Waals surface area contributed by atoms with Crippen LogP contribution in [-0.2, 0) is 4.74 Å². The van der Waals surface area contributed by atoms with Crippen molar-refractivity contribution >= 4 is 11.6 Å². The summed E-state index contributed by atoms with van der Waals surface area (Å²) in [5, 5.41) is 3.43. The molecule has 0 amide bonds. The van der Waals surface area contributed by atoms with Crippen molar-refractivity contribution in [3.8, 4) is 5.75 Å². The summed E-state index contributed by atoms with van der Waals surface area (Å²) in [4.78, 5) is 9.11. The van der Waals surface area contributed by atoms with Crippen LogP contribution in [0, 0.1) is 0 Å². The number of nitrogens with one attached hydrogen (secondary N) is 1. The molecule has 0 aromatic heterocycles. The van der Waals surface area contributed by atoms with Gasteiger partial charge < -0.3 is 24.6 Å². The fourth-order valence-corrected chi connectivity index (χ4v) is 2.83. The molecular weight excluding hydrogens is 304 g/mol. The first-order valence-electron chi connectivity index (χ1n) is 8.70. The molecule has 1 aliphatic heterocycles. The number of benzene rings is 1. The standard InChI is InChI=1S/C18H30N4O2/c1-4-24-14-6-9-20-18(19-2)22-12-10-21(11-13-22)16-7-5-8-17(15-16)23-3/h5,7-8,15H,4,6,9-14H2,1-3H3,(H,19,20). The molecule has 1 saturated heterocycles. The lowest BCUT2D eigenvalue weighted by atomic mass is 10.2. The number of guanidine groups is 1. The maximum absolute atomic E-state index is 5.37. The van der Waals surface area contributed by atoms with Gasteiger partial charge in [0, 0.05) is 64.7 Å². The molecule has 6 nitrogen and oxygen atoms in total. The van der Waals surface area contributed by atoms with E-state index in [-0.39, 0.29) is 0 Å². The van der Waals surface area contributed by atoms with E-state index in [0.29, 0.717) is 0 Å². The van der Waals surface area contributed by atoms with Crippen LogP contribution in [0.5, 0.6) is 5.75 Å². The number of rotatable bonds is 7. The molecule has 0 atom stereocenters. The maximum Gasteiger partial charge on any atom is 0.193 e. The summed E-state index contributed by atoms with van der Waals surface area (Å²) < 4.78 is 10.7. The first-order valence-corrected chi connectivity index (χ1v) is 8.70.